The van der Waals surface area contributed by atoms with Crippen LogP contribution in [0.3, 0.4) is 0 Å². The zero-order valence-corrected chi connectivity index (χ0v) is 18.5. The van der Waals surface area contributed by atoms with Crippen LogP contribution < -0.4 is 10.2 Å². The molecule has 4 rings (SSSR count). The summed E-state index contributed by atoms with van der Waals surface area (Å²) >= 11 is 0. The Morgan fingerprint density at radius 3 is 2.67 bits per heavy atom. The molecule has 0 spiro atoms. The predicted octanol–water partition coefficient (Wildman–Crippen LogP) is 1.87. The lowest BCUT2D eigenvalue weighted by Gasteiger charge is -2.39. The third-order valence-corrected chi connectivity index (χ3v) is 5.86. The Morgan fingerprint density at radius 1 is 1.15 bits per heavy atom. The Hall–Kier alpha value is -1.06. The maximum absolute atomic E-state index is 6.06. The summed E-state index contributed by atoms with van der Waals surface area (Å²) in [5.41, 5.74) is 1.31. The molecule has 7 heteroatoms. The molecule has 0 bridgehead atoms. The van der Waals surface area contributed by atoms with E-state index in [1.807, 2.05) is 7.05 Å². The summed E-state index contributed by atoms with van der Waals surface area (Å²) in [6.07, 6.45) is 2.89. The van der Waals surface area contributed by atoms with Gasteiger partial charge in [0.2, 0.25) is 0 Å². The van der Waals surface area contributed by atoms with Crippen LogP contribution in [0, 0.1) is 0 Å². The first-order valence-corrected chi connectivity index (χ1v) is 9.95. The Labute approximate surface area is 180 Å². The number of nitrogens with one attached hydrogen (secondary N) is 1. The molecule has 0 aliphatic carbocycles. The number of fused-ring (bicyclic) bond motifs is 1. The zero-order valence-electron chi connectivity index (χ0n) is 16.2. The fraction of sp³-hybridized carbons (Fsp3) is 0.650. The zero-order chi connectivity index (χ0) is 17.8. The monoisotopic (exact) mass is 485 g/mol. The maximum Gasteiger partial charge on any atom is 0.193 e. The van der Waals surface area contributed by atoms with Gasteiger partial charge in [-0.25, -0.2) is 0 Å². The van der Waals surface area contributed by atoms with Crippen molar-refractivity contribution in [3.05, 3.63) is 30.3 Å². The summed E-state index contributed by atoms with van der Waals surface area (Å²) in [5.74, 6) is 1.00. The molecule has 3 aliphatic rings. The number of guanidine groups is 1. The average Bonchev–Trinajstić information content (AvgIpc) is 3.17. The summed E-state index contributed by atoms with van der Waals surface area (Å²) < 4.78 is 6.06. The topological polar surface area (TPSA) is 43.3 Å². The third kappa shape index (κ3) is 5.06. The second kappa shape index (κ2) is 9.93. The number of rotatable bonds is 3. The second-order valence-corrected chi connectivity index (χ2v) is 7.48. The predicted molar refractivity (Wildman–Crippen MR) is 121 cm³/mol. The number of piperazine rings is 1. The van der Waals surface area contributed by atoms with Gasteiger partial charge in [-0.1, -0.05) is 18.2 Å². The van der Waals surface area contributed by atoms with Crippen LogP contribution in [0.4, 0.5) is 5.69 Å². The first kappa shape index (κ1) is 20.7. The summed E-state index contributed by atoms with van der Waals surface area (Å²) in [6.45, 7) is 8.06. The van der Waals surface area contributed by atoms with Crippen molar-refractivity contribution < 1.29 is 4.74 Å². The van der Waals surface area contributed by atoms with Gasteiger partial charge in [-0.2, -0.15) is 0 Å². The minimum Gasteiger partial charge on any atom is -0.373 e. The van der Waals surface area contributed by atoms with E-state index in [1.54, 1.807) is 0 Å². The highest BCUT2D eigenvalue weighted by molar-refractivity contribution is 14.0. The van der Waals surface area contributed by atoms with Gasteiger partial charge in [0.1, 0.15) is 0 Å². The van der Waals surface area contributed by atoms with E-state index in [4.69, 9.17) is 4.74 Å². The Kier molecular flexibility index (Phi) is 7.60. The van der Waals surface area contributed by atoms with E-state index in [2.05, 4.69) is 55.3 Å². The Bertz CT molecular complexity index is 606. The van der Waals surface area contributed by atoms with Gasteiger partial charge >= 0.3 is 0 Å². The molecule has 3 heterocycles. The number of ether oxygens (including phenoxy) is 1. The summed E-state index contributed by atoms with van der Waals surface area (Å²) in [7, 11) is 1.88. The van der Waals surface area contributed by atoms with Gasteiger partial charge in [0.25, 0.3) is 0 Å². The SMILES string of the molecule is CN=C(NCC1CN2CCCC2CO1)N1CCN(c2ccccc2)CC1.I. The lowest BCUT2D eigenvalue weighted by atomic mass is 10.2. The van der Waals surface area contributed by atoms with Crippen LogP contribution in [-0.4, -0.2) is 87.4 Å². The fourth-order valence-electron chi connectivity index (χ4n) is 4.36. The molecule has 1 N–H and O–H groups in total. The van der Waals surface area contributed by atoms with Gasteiger partial charge in [0, 0.05) is 58.0 Å². The van der Waals surface area contributed by atoms with Crippen LogP contribution >= 0.6 is 24.0 Å². The van der Waals surface area contributed by atoms with Crippen LogP contribution in [-0.2, 0) is 4.74 Å². The minimum atomic E-state index is 0. The van der Waals surface area contributed by atoms with Crippen molar-refractivity contribution >= 4 is 35.6 Å². The van der Waals surface area contributed by atoms with Crippen molar-refractivity contribution in [2.75, 3.05) is 64.4 Å². The molecular formula is C20H32IN5O. The number of hydrogen-bond acceptors (Lipinski definition) is 4. The molecule has 1 aromatic rings. The van der Waals surface area contributed by atoms with Crippen molar-refractivity contribution in [3.8, 4) is 0 Å². The van der Waals surface area contributed by atoms with E-state index in [1.165, 1.54) is 25.1 Å². The van der Waals surface area contributed by atoms with Crippen molar-refractivity contribution in [1.29, 1.82) is 0 Å². The number of nitrogens with zero attached hydrogens (tertiary/aromatic N) is 4. The molecule has 2 unspecified atom stereocenters. The number of benzene rings is 1. The number of hydrogen-bond donors (Lipinski definition) is 1. The molecule has 2 atom stereocenters. The Balaban J connectivity index is 0.00000210. The highest BCUT2D eigenvalue weighted by Crippen LogP contribution is 2.22. The van der Waals surface area contributed by atoms with Crippen LogP contribution in [0.15, 0.2) is 35.3 Å². The highest BCUT2D eigenvalue weighted by atomic mass is 127. The summed E-state index contributed by atoms with van der Waals surface area (Å²) in [5, 5.41) is 3.55. The minimum absolute atomic E-state index is 0. The average molecular weight is 485 g/mol. The first-order valence-electron chi connectivity index (χ1n) is 9.95. The molecule has 6 nitrogen and oxygen atoms in total. The molecule has 0 radical (unpaired) electrons. The molecule has 27 heavy (non-hydrogen) atoms. The molecule has 0 amide bonds. The van der Waals surface area contributed by atoms with E-state index in [0.29, 0.717) is 6.04 Å². The third-order valence-electron chi connectivity index (χ3n) is 5.86. The first-order chi connectivity index (χ1) is 12.8. The van der Waals surface area contributed by atoms with Crippen LogP contribution in [0.25, 0.3) is 0 Å². The smallest absolute Gasteiger partial charge is 0.193 e. The van der Waals surface area contributed by atoms with Gasteiger partial charge < -0.3 is 19.9 Å². The molecule has 0 aromatic heterocycles. The number of halogens is 1. The second-order valence-electron chi connectivity index (χ2n) is 7.48. The van der Waals surface area contributed by atoms with Crippen molar-refractivity contribution in [3.63, 3.8) is 0 Å². The van der Waals surface area contributed by atoms with Gasteiger partial charge in [0.05, 0.1) is 12.7 Å². The van der Waals surface area contributed by atoms with Crippen molar-refractivity contribution in [2.24, 2.45) is 4.99 Å². The number of anilines is 1. The van der Waals surface area contributed by atoms with E-state index >= 15 is 0 Å². The van der Waals surface area contributed by atoms with Crippen molar-refractivity contribution in [1.82, 2.24) is 15.1 Å². The summed E-state index contributed by atoms with van der Waals surface area (Å²) in [4.78, 5) is 11.9. The lowest BCUT2D eigenvalue weighted by Crippen LogP contribution is -2.55. The van der Waals surface area contributed by atoms with Gasteiger partial charge in [0.15, 0.2) is 5.96 Å². The van der Waals surface area contributed by atoms with Crippen molar-refractivity contribution in [2.45, 2.75) is 25.0 Å². The van der Waals surface area contributed by atoms with E-state index in [0.717, 1.165) is 51.8 Å². The van der Waals surface area contributed by atoms with Gasteiger partial charge in [-0.3, -0.25) is 9.89 Å². The molecule has 150 valence electrons. The summed E-state index contributed by atoms with van der Waals surface area (Å²) in [6, 6.07) is 11.3. The molecule has 3 aliphatic heterocycles. The molecule has 1 aromatic carbocycles. The van der Waals surface area contributed by atoms with Crippen LogP contribution in [0.5, 0.6) is 0 Å². The van der Waals surface area contributed by atoms with Gasteiger partial charge in [-0.15, -0.1) is 24.0 Å². The van der Waals surface area contributed by atoms with Crippen LogP contribution in [0.1, 0.15) is 12.8 Å². The normalized spacial score (nSPS) is 26.5. The number of morpholine rings is 1. The molecule has 3 fully saturated rings. The van der Waals surface area contributed by atoms with E-state index in [-0.39, 0.29) is 30.1 Å². The fourth-order valence-corrected chi connectivity index (χ4v) is 4.36. The van der Waals surface area contributed by atoms with E-state index < -0.39 is 0 Å². The highest BCUT2D eigenvalue weighted by Gasteiger charge is 2.32. The largest absolute Gasteiger partial charge is 0.373 e. The number of aliphatic imine (C=N–C) groups is 1. The molecular weight excluding hydrogens is 453 g/mol. The molecule has 3 saturated heterocycles. The van der Waals surface area contributed by atoms with Crippen LogP contribution in [0.2, 0.25) is 0 Å². The quantitative estimate of drug-likeness (QED) is 0.403. The van der Waals surface area contributed by atoms with E-state index in [9.17, 15) is 0 Å². The standard InChI is InChI=1S/C20H31N5O.HI/c1-21-20(22-14-19-15-25-9-5-8-18(25)16-26-19)24-12-10-23(11-13-24)17-6-3-2-4-7-17;/h2-4,6-7,18-19H,5,8-16H2,1H3,(H,21,22);1H. The lowest BCUT2D eigenvalue weighted by molar-refractivity contribution is -0.0454. The van der Waals surface area contributed by atoms with Gasteiger partial charge in [-0.05, 0) is 31.5 Å². The Morgan fingerprint density at radius 2 is 1.93 bits per heavy atom. The maximum atomic E-state index is 6.06. The number of para-hydroxylation sites is 1. The molecule has 0 saturated carbocycles.